The van der Waals surface area contributed by atoms with Crippen LogP contribution in [0.5, 0.6) is 0 Å². The van der Waals surface area contributed by atoms with Crippen molar-refractivity contribution in [3.8, 4) is 0 Å². The van der Waals surface area contributed by atoms with Crippen molar-refractivity contribution in [1.29, 1.82) is 0 Å². The molecule has 3 N–H and O–H groups in total. The number of hydrogen-bond donors (Lipinski definition) is 2. The predicted octanol–water partition coefficient (Wildman–Crippen LogP) is 3.21. The molecular weight excluding hydrogens is 439 g/mol. The summed E-state index contributed by atoms with van der Waals surface area (Å²) < 4.78 is 0. The summed E-state index contributed by atoms with van der Waals surface area (Å²) in [6.07, 6.45) is 3.96. The van der Waals surface area contributed by atoms with E-state index in [4.69, 9.17) is 5.73 Å². The molecule has 0 spiro atoms. The molecule has 0 radical (unpaired) electrons. The van der Waals surface area contributed by atoms with Crippen LogP contribution in [0.2, 0.25) is 0 Å². The first-order valence-electron chi connectivity index (χ1n) is 9.66. The Bertz CT molecular complexity index is 953. The molecule has 0 aliphatic carbocycles. The van der Waals surface area contributed by atoms with Crippen molar-refractivity contribution in [3.63, 3.8) is 0 Å². The standard InChI is InChI=1S/C22H26N4O3.2ClH/c1-14(2)11-22(3,13-23)25-19(27)16-4-5-17-18(10-16)21(29)26(20(17)28)12-15-6-8-24-9-7-15;;/h4-10,14H,11-13,23H2,1-3H3,(H,25,27);2*1H. The van der Waals surface area contributed by atoms with Crippen molar-refractivity contribution >= 4 is 42.5 Å². The van der Waals surface area contributed by atoms with Gasteiger partial charge < -0.3 is 11.1 Å². The van der Waals surface area contributed by atoms with Crippen LogP contribution >= 0.6 is 24.8 Å². The Kier molecular flexibility index (Phi) is 9.17. The van der Waals surface area contributed by atoms with Crippen LogP contribution in [-0.2, 0) is 6.54 Å². The second kappa shape index (κ2) is 10.7. The molecule has 1 aromatic carbocycles. The normalized spacial score (nSPS) is 14.4. The Morgan fingerprint density at radius 3 is 2.29 bits per heavy atom. The van der Waals surface area contributed by atoms with Crippen molar-refractivity contribution in [2.75, 3.05) is 6.54 Å². The van der Waals surface area contributed by atoms with E-state index in [-0.39, 0.29) is 48.7 Å². The van der Waals surface area contributed by atoms with Gasteiger partial charge in [-0.2, -0.15) is 0 Å². The van der Waals surface area contributed by atoms with Gasteiger partial charge in [-0.1, -0.05) is 13.8 Å². The zero-order valence-corrected chi connectivity index (χ0v) is 19.4. The summed E-state index contributed by atoms with van der Waals surface area (Å²) in [4.78, 5) is 43.4. The molecule has 1 aliphatic rings. The van der Waals surface area contributed by atoms with E-state index in [1.165, 1.54) is 11.0 Å². The lowest BCUT2D eigenvalue weighted by molar-refractivity contribution is 0.0642. The number of aromatic nitrogens is 1. The van der Waals surface area contributed by atoms with E-state index in [1.807, 2.05) is 6.92 Å². The Labute approximate surface area is 194 Å². The molecule has 2 aromatic rings. The number of nitrogens with two attached hydrogens (primary N) is 1. The fourth-order valence-electron chi connectivity index (χ4n) is 3.68. The van der Waals surface area contributed by atoms with Gasteiger partial charge in [-0.25, -0.2) is 0 Å². The zero-order chi connectivity index (χ0) is 21.2. The van der Waals surface area contributed by atoms with Crippen molar-refractivity contribution in [1.82, 2.24) is 15.2 Å². The van der Waals surface area contributed by atoms with E-state index in [0.717, 1.165) is 12.0 Å². The average Bonchev–Trinajstić information content (AvgIpc) is 2.92. The summed E-state index contributed by atoms with van der Waals surface area (Å²) in [6, 6.07) is 8.11. The number of nitrogens with one attached hydrogen (secondary N) is 1. The lowest BCUT2D eigenvalue weighted by Crippen LogP contribution is -2.52. The largest absolute Gasteiger partial charge is 0.346 e. The minimum Gasteiger partial charge on any atom is -0.346 e. The van der Waals surface area contributed by atoms with Crippen LogP contribution in [0.25, 0.3) is 0 Å². The van der Waals surface area contributed by atoms with Gasteiger partial charge in [-0.3, -0.25) is 24.3 Å². The Morgan fingerprint density at radius 2 is 1.71 bits per heavy atom. The van der Waals surface area contributed by atoms with E-state index >= 15 is 0 Å². The highest BCUT2D eigenvalue weighted by molar-refractivity contribution is 6.22. The van der Waals surface area contributed by atoms with Crippen LogP contribution in [0, 0.1) is 5.92 Å². The summed E-state index contributed by atoms with van der Waals surface area (Å²) >= 11 is 0. The van der Waals surface area contributed by atoms with Gasteiger partial charge >= 0.3 is 0 Å². The summed E-state index contributed by atoms with van der Waals surface area (Å²) in [5.74, 6) is -0.709. The third-order valence-electron chi connectivity index (χ3n) is 5.05. The first kappa shape index (κ1) is 26.6. The lowest BCUT2D eigenvalue weighted by Gasteiger charge is -2.31. The quantitative estimate of drug-likeness (QED) is 0.609. The van der Waals surface area contributed by atoms with Crippen molar-refractivity contribution < 1.29 is 14.4 Å². The molecule has 0 fully saturated rings. The average molecular weight is 467 g/mol. The number of nitrogens with zero attached hydrogens (tertiary/aromatic N) is 2. The first-order valence-corrected chi connectivity index (χ1v) is 9.66. The third kappa shape index (κ3) is 5.81. The number of rotatable bonds is 7. The van der Waals surface area contributed by atoms with Gasteiger partial charge in [-0.15, -0.1) is 24.8 Å². The Hall–Kier alpha value is -2.48. The fraction of sp³-hybridized carbons (Fsp3) is 0.364. The lowest BCUT2D eigenvalue weighted by atomic mass is 9.90. The highest BCUT2D eigenvalue weighted by Crippen LogP contribution is 2.26. The maximum Gasteiger partial charge on any atom is 0.261 e. The molecule has 1 aliphatic heterocycles. The molecule has 7 nitrogen and oxygen atoms in total. The highest BCUT2D eigenvalue weighted by atomic mass is 35.5. The van der Waals surface area contributed by atoms with Crippen LogP contribution in [0.3, 0.4) is 0 Å². The zero-order valence-electron chi connectivity index (χ0n) is 17.8. The molecule has 168 valence electrons. The summed E-state index contributed by atoms with van der Waals surface area (Å²) in [5.41, 5.74) is 7.03. The number of carbonyl (C=O) groups excluding carboxylic acids is 3. The number of carbonyl (C=O) groups is 3. The molecule has 3 rings (SSSR count). The number of amides is 3. The van der Waals surface area contributed by atoms with Gasteiger partial charge in [-0.05, 0) is 55.2 Å². The molecule has 1 atom stereocenters. The molecule has 2 heterocycles. The molecule has 3 amide bonds. The Morgan fingerprint density at radius 1 is 1.10 bits per heavy atom. The summed E-state index contributed by atoms with van der Waals surface area (Å²) in [5, 5.41) is 2.98. The van der Waals surface area contributed by atoms with Gasteiger partial charge in [0, 0.05) is 30.0 Å². The number of halogens is 2. The molecule has 0 bridgehead atoms. The van der Waals surface area contributed by atoms with Gasteiger partial charge in [0.15, 0.2) is 0 Å². The topological polar surface area (TPSA) is 105 Å². The minimum absolute atomic E-state index is 0. The van der Waals surface area contributed by atoms with Crippen molar-refractivity contribution in [2.45, 2.75) is 39.3 Å². The van der Waals surface area contributed by atoms with Crippen LogP contribution in [0.15, 0.2) is 42.7 Å². The van der Waals surface area contributed by atoms with E-state index in [0.29, 0.717) is 23.6 Å². The van der Waals surface area contributed by atoms with E-state index in [1.54, 1.807) is 36.7 Å². The van der Waals surface area contributed by atoms with Crippen LogP contribution in [0.4, 0.5) is 0 Å². The number of pyridine rings is 1. The first-order chi connectivity index (χ1) is 13.7. The smallest absolute Gasteiger partial charge is 0.261 e. The molecule has 1 unspecified atom stereocenters. The Balaban J connectivity index is 0.00000240. The highest BCUT2D eigenvalue weighted by Gasteiger charge is 2.36. The molecule has 31 heavy (non-hydrogen) atoms. The van der Waals surface area contributed by atoms with Crippen LogP contribution in [-0.4, -0.2) is 39.7 Å². The third-order valence-corrected chi connectivity index (χ3v) is 5.05. The number of benzene rings is 1. The van der Waals surface area contributed by atoms with E-state index in [9.17, 15) is 14.4 Å². The summed E-state index contributed by atoms with van der Waals surface area (Å²) in [6.45, 7) is 6.51. The minimum atomic E-state index is -0.544. The maximum atomic E-state index is 12.8. The second-order valence-electron chi connectivity index (χ2n) is 8.13. The second-order valence-corrected chi connectivity index (χ2v) is 8.13. The van der Waals surface area contributed by atoms with Crippen molar-refractivity contribution in [3.05, 3.63) is 65.0 Å². The summed E-state index contributed by atoms with van der Waals surface area (Å²) in [7, 11) is 0. The molecule has 0 saturated carbocycles. The SMILES string of the molecule is CC(C)CC(C)(CN)NC(=O)c1ccc2c(c1)C(=O)N(Cc1ccncc1)C2=O.Cl.Cl. The molecule has 9 heteroatoms. The van der Waals surface area contributed by atoms with Crippen LogP contribution in [0.1, 0.15) is 63.8 Å². The fourth-order valence-corrected chi connectivity index (χ4v) is 3.68. The number of hydrogen-bond acceptors (Lipinski definition) is 5. The predicted molar refractivity (Wildman–Crippen MR) is 124 cm³/mol. The molecular formula is C22H28Cl2N4O3. The van der Waals surface area contributed by atoms with Gasteiger partial charge in [0.1, 0.15) is 0 Å². The van der Waals surface area contributed by atoms with Crippen LogP contribution < -0.4 is 11.1 Å². The monoisotopic (exact) mass is 466 g/mol. The van der Waals surface area contributed by atoms with Gasteiger partial charge in [0.05, 0.1) is 17.7 Å². The molecule has 0 saturated heterocycles. The van der Waals surface area contributed by atoms with Gasteiger partial charge in [0.25, 0.3) is 17.7 Å². The van der Waals surface area contributed by atoms with E-state index in [2.05, 4.69) is 24.1 Å². The van der Waals surface area contributed by atoms with Gasteiger partial charge in [0.2, 0.25) is 0 Å². The molecule has 1 aromatic heterocycles. The number of fused-ring (bicyclic) bond motifs is 1. The van der Waals surface area contributed by atoms with E-state index < -0.39 is 11.4 Å². The van der Waals surface area contributed by atoms with Crippen molar-refractivity contribution in [2.24, 2.45) is 11.7 Å². The number of imide groups is 1. The maximum absolute atomic E-state index is 12.8.